The van der Waals surface area contributed by atoms with E-state index >= 15 is 0 Å². The number of carboxylic acids is 1. The number of aliphatic carboxylic acids is 1. The van der Waals surface area contributed by atoms with Crippen LogP contribution in [0.4, 0.5) is 13.2 Å². The van der Waals surface area contributed by atoms with E-state index in [1.807, 2.05) is 0 Å². The summed E-state index contributed by atoms with van der Waals surface area (Å²) in [4.78, 5) is 13.3. The van der Waals surface area contributed by atoms with Crippen molar-refractivity contribution in [2.24, 2.45) is 0 Å². The van der Waals surface area contributed by atoms with Crippen molar-refractivity contribution in [1.82, 2.24) is 4.98 Å². The van der Waals surface area contributed by atoms with Gasteiger partial charge in [-0.15, -0.1) is 0 Å². The number of nitrogens with zero attached hydrogens (tertiary/aromatic N) is 1. The van der Waals surface area contributed by atoms with Crippen molar-refractivity contribution in [1.29, 1.82) is 0 Å². The summed E-state index contributed by atoms with van der Waals surface area (Å²) >= 11 is 0. The fraction of sp³-hybridized carbons (Fsp3) is 0.333. The van der Waals surface area contributed by atoms with Crippen molar-refractivity contribution >= 4 is 5.97 Å². The van der Waals surface area contributed by atoms with E-state index in [0.717, 1.165) is 0 Å². The van der Waals surface area contributed by atoms with E-state index in [2.05, 4.69) is 9.40 Å². The van der Waals surface area contributed by atoms with Gasteiger partial charge in [0.15, 0.2) is 6.39 Å². The third-order valence-electron chi connectivity index (χ3n) is 1.22. The minimum Gasteiger partial charge on any atom is -0.481 e. The predicted molar refractivity (Wildman–Crippen MR) is 32.8 cm³/mol. The highest BCUT2D eigenvalue weighted by atomic mass is 19.4. The number of carbonyl (C=O) groups is 1. The highest BCUT2D eigenvalue weighted by molar-refractivity contribution is 5.69. The first-order chi connectivity index (χ1) is 5.91. The summed E-state index contributed by atoms with van der Waals surface area (Å²) in [6.07, 6.45) is -4.92. The molecule has 0 atom stereocenters. The quantitative estimate of drug-likeness (QED) is 0.772. The molecule has 0 aliphatic rings. The Balaban J connectivity index is 2.96. The topological polar surface area (TPSA) is 63.3 Å². The molecule has 7 heteroatoms. The van der Waals surface area contributed by atoms with Crippen LogP contribution in [0.2, 0.25) is 0 Å². The van der Waals surface area contributed by atoms with Gasteiger partial charge in [0.05, 0.1) is 6.42 Å². The zero-order chi connectivity index (χ0) is 10.1. The van der Waals surface area contributed by atoms with Crippen molar-refractivity contribution in [3.05, 3.63) is 17.8 Å². The molecule has 1 rings (SSSR count). The Bertz CT molecular complexity index is 317. The lowest BCUT2D eigenvalue weighted by molar-refractivity contribution is -0.154. The second-order valence-corrected chi connectivity index (χ2v) is 2.20. The van der Waals surface area contributed by atoms with Crippen LogP contribution in [0.3, 0.4) is 0 Å². The normalized spacial score (nSPS) is 11.6. The minimum absolute atomic E-state index is 0.571. The average Bonchev–Trinajstić information content (AvgIpc) is 2.31. The van der Waals surface area contributed by atoms with E-state index in [9.17, 15) is 18.0 Å². The largest absolute Gasteiger partial charge is 0.481 e. The molecule has 72 valence electrons. The Kier molecular flexibility index (Phi) is 2.26. The summed E-state index contributed by atoms with van der Waals surface area (Å²) < 4.78 is 40.0. The number of carboxylic acid groups (broad SMARTS) is 1. The number of halogens is 3. The van der Waals surface area contributed by atoms with E-state index in [0.29, 0.717) is 6.39 Å². The summed E-state index contributed by atoms with van der Waals surface area (Å²) in [5.41, 5.74) is -0.611. The Morgan fingerprint density at radius 1 is 1.62 bits per heavy atom. The Morgan fingerprint density at radius 2 is 2.23 bits per heavy atom. The number of hydrogen-bond acceptors (Lipinski definition) is 3. The molecule has 0 bridgehead atoms. The Morgan fingerprint density at radius 3 is 2.69 bits per heavy atom. The summed E-state index contributed by atoms with van der Waals surface area (Å²) in [5.74, 6) is -2.74. The van der Waals surface area contributed by atoms with Crippen molar-refractivity contribution in [2.45, 2.75) is 12.6 Å². The van der Waals surface area contributed by atoms with Gasteiger partial charge in [0.2, 0.25) is 5.76 Å². The molecule has 4 nitrogen and oxygen atoms in total. The average molecular weight is 195 g/mol. The molecule has 0 saturated heterocycles. The molecular formula is C6H4F3NO3. The molecule has 0 spiro atoms. The summed E-state index contributed by atoms with van der Waals surface area (Å²) in [6, 6.07) is 0. The first-order valence-corrected chi connectivity index (χ1v) is 3.12. The second kappa shape index (κ2) is 3.08. The second-order valence-electron chi connectivity index (χ2n) is 2.20. The molecule has 1 aromatic heterocycles. The maximum Gasteiger partial charge on any atom is 0.451 e. The summed E-state index contributed by atoms with van der Waals surface area (Å²) in [5, 5.41) is 8.23. The van der Waals surface area contributed by atoms with Crippen molar-refractivity contribution in [3.63, 3.8) is 0 Å². The van der Waals surface area contributed by atoms with Crippen LogP contribution in [0, 0.1) is 0 Å². The number of hydrogen-bond donors (Lipinski definition) is 1. The van der Waals surface area contributed by atoms with Gasteiger partial charge in [0.1, 0.15) is 5.69 Å². The van der Waals surface area contributed by atoms with Crippen LogP contribution in [-0.4, -0.2) is 16.1 Å². The van der Waals surface area contributed by atoms with Crippen LogP contribution in [0.15, 0.2) is 10.8 Å². The molecule has 0 unspecified atom stereocenters. The molecule has 1 N–H and O–H groups in total. The maximum atomic E-state index is 12.0. The molecule has 0 aliphatic carbocycles. The molecule has 0 saturated carbocycles. The van der Waals surface area contributed by atoms with Crippen molar-refractivity contribution in [2.75, 3.05) is 0 Å². The zero-order valence-corrected chi connectivity index (χ0v) is 6.13. The fourth-order valence-corrected chi connectivity index (χ4v) is 0.769. The van der Waals surface area contributed by atoms with Gasteiger partial charge in [-0.05, 0) is 0 Å². The van der Waals surface area contributed by atoms with Gasteiger partial charge in [0.25, 0.3) is 0 Å². The van der Waals surface area contributed by atoms with Crippen molar-refractivity contribution in [3.8, 4) is 0 Å². The van der Waals surface area contributed by atoms with Gasteiger partial charge < -0.3 is 9.52 Å². The van der Waals surface area contributed by atoms with Gasteiger partial charge >= 0.3 is 12.1 Å². The Hall–Kier alpha value is -1.53. The van der Waals surface area contributed by atoms with E-state index in [1.165, 1.54) is 0 Å². The Labute approximate surface area is 70.0 Å². The molecule has 0 aromatic carbocycles. The van der Waals surface area contributed by atoms with Crippen LogP contribution in [0.5, 0.6) is 0 Å². The van der Waals surface area contributed by atoms with E-state index < -0.39 is 30.0 Å². The molecule has 0 amide bonds. The monoisotopic (exact) mass is 195 g/mol. The first kappa shape index (κ1) is 9.56. The van der Waals surface area contributed by atoms with Gasteiger partial charge in [-0.3, -0.25) is 4.79 Å². The molecular weight excluding hydrogens is 191 g/mol. The third-order valence-corrected chi connectivity index (χ3v) is 1.22. The van der Waals surface area contributed by atoms with Crippen LogP contribution >= 0.6 is 0 Å². The zero-order valence-electron chi connectivity index (χ0n) is 6.13. The SMILES string of the molecule is O=C(O)Cc1ncoc1C(F)(F)F. The van der Waals surface area contributed by atoms with Crippen LogP contribution in [-0.2, 0) is 17.4 Å². The number of rotatable bonds is 2. The molecule has 0 aliphatic heterocycles. The van der Waals surface area contributed by atoms with Crippen LogP contribution in [0.1, 0.15) is 11.5 Å². The number of aromatic nitrogens is 1. The predicted octanol–water partition coefficient (Wildman–Crippen LogP) is 1.32. The van der Waals surface area contributed by atoms with E-state index in [4.69, 9.17) is 5.11 Å². The van der Waals surface area contributed by atoms with Gasteiger partial charge in [-0.2, -0.15) is 13.2 Å². The maximum absolute atomic E-state index is 12.0. The van der Waals surface area contributed by atoms with E-state index in [1.54, 1.807) is 0 Å². The van der Waals surface area contributed by atoms with Gasteiger partial charge in [-0.25, -0.2) is 4.98 Å². The summed E-state index contributed by atoms with van der Waals surface area (Å²) in [7, 11) is 0. The highest BCUT2D eigenvalue weighted by Crippen LogP contribution is 2.31. The first-order valence-electron chi connectivity index (χ1n) is 3.12. The standard InChI is InChI=1S/C6H4F3NO3/c7-6(8,9)5-3(1-4(11)12)10-2-13-5/h2H,1H2,(H,11,12). The van der Waals surface area contributed by atoms with Crippen LogP contribution in [0.25, 0.3) is 0 Å². The smallest absolute Gasteiger partial charge is 0.451 e. The molecule has 1 heterocycles. The fourth-order valence-electron chi connectivity index (χ4n) is 0.769. The lowest BCUT2D eigenvalue weighted by Gasteiger charge is -2.02. The molecule has 0 fully saturated rings. The molecule has 13 heavy (non-hydrogen) atoms. The van der Waals surface area contributed by atoms with Crippen LogP contribution < -0.4 is 0 Å². The third kappa shape index (κ3) is 2.20. The molecule has 0 radical (unpaired) electrons. The highest BCUT2D eigenvalue weighted by Gasteiger charge is 2.38. The van der Waals surface area contributed by atoms with Gasteiger partial charge in [0, 0.05) is 0 Å². The minimum atomic E-state index is -4.69. The van der Waals surface area contributed by atoms with Crippen molar-refractivity contribution < 1.29 is 27.5 Å². The van der Waals surface area contributed by atoms with E-state index in [-0.39, 0.29) is 0 Å². The molecule has 1 aromatic rings. The van der Waals surface area contributed by atoms with Gasteiger partial charge in [-0.1, -0.05) is 0 Å². The summed E-state index contributed by atoms with van der Waals surface area (Å²) in [6.45, 7) is 0. The number of oxazole rings is 1. The lowest BCUT2D eigenvalue weighted by Crippen LogP contribution is -2.10. The lowest BCUT2D eigenvalue weighted by atomic mass is 10.2. The number of alkyl halides is 3.